The minimum absolute atomic E-state index is 0.402. The lowest BCUT2D eigenvalue weighted by Gasteiger charge is -2.26. The summed E-state index contributed by atoms with van der Waals surface area (Å²) in [6.45, 7) is 5.03. The molecule has 0 spiro atoms. The van der Waals surface area contributed by atoms with Crippen molar-refractivity contribution < 1.29 is 9.47 Å². The van der Waals surface area contributed by atoms with E-state index in [1.165, 1.54) is 6.33 Å². The van der Waals surface area contributed by atoms with Crippen molar-refractivity contribution >= 4 is 22.5 Å². The Morgan fingerprint density at radius 3 is 2.52 bits per heavy atom. The van der Waals surface area contributed by atoms with E-state index in [1.54, 1.807) is 4.68 Å². The monoisotopic (exact) mass is 445 g/mol. The van der Waals surface area contributed by atoms with Crippen molar-refractivity contribution in [2.45, 2.75) is 0 Å². The number of ether oxygens (including phenoxy) is 2. The first-order valence-corrected chi connectivity index (χ1v) is 11.0. The molecule has 0 bridgehead atoms. The van der Waals surface area contributed by atoms with Crippen LogP contribution in [0.3, 0.4) is 0 Å². The number of nitrogens with two attached hydrogens (primary N) is 1. The summed E-state index contributed by atoms with van der Waals surface area (Å²) in [6, 6.07) is 15.9. The first-order valence-electron chi connectivity index (χ1n) is 11.0. The van der Waals surface area contributed by atoms with Crippen LogP contribution in [0.15, 0.2) is 54.9 Å². The molecule has 1 aliphatic rings. The van der Waals surface area contributed by atoms with Crippen LogP contribution in [0.5, 0.6) is 5.75 Å². The van der Waals surface area contributed by atoms with Crippen molar-refractivity contribution in [3.63, 3.8) is 0 Å². The Kier molecular flexibility index (Phi) is 6.05. The van der Waals surface area contributed by atoms with Crippen LogP contribution < -0.4 is 15.8 Å². The van der Waals surface area contributed by atoms with Gasteiger partial charge in [0.2, 0.25) is 0 Å². The maximum atomic E-state index is 6.25. The second-order valence-electron chi connectivity index (χ2n) is 7.84. The van der Waals surface area contributed by atoms with Gasteiger partial charge in [0.25, 0.3) is 0 Å². The Hall–Kier alpha value is -3.69. The topological polar surface area (TPSA) is 103 Å². The number of morpholine rings is 1. The Morgan fingerprint density at radius 1 is 1.03 bits per heavy atom. The summed E-state index contributed by atoms with van der Waals surface area (Å²) in [5, 5.41) is 8.71. The van der Waals surface area contributed by atoms with Crippen molar-refractivity contribution in [2.75, 3.05) is 57.6 Å². The number of nitrogen functional groups attached to an aromatic ring is 1. The Balaban J connectivity index is 1.39. The van der Waals surface area contributed by atoms with Crippen molar-refractivity contribution in [3.8, 4) is 22.7 Å². The van der Waals surface area contributed by atoms with E-state index in [4.69, 9.17) is 20.3 Å². The van der Waals surface area contributed by atoms with Gasteiger partial charge in [-0.2, -0.15) is 5.10 Å². The molecule has 9 heteroatoms. The number of hydrogen-bond acceptors (Lipinski definition) is 8. The number of anilines is 2. The molecule has 0 saturated carbocycles. The first-order chi connectivity index (χ1) is 16.2. The quantitative estimate of drug-likeness (QED) is 0.448. The molecule has 1 aliphatic heterocycles. The van der Waals surface area contributed by atoms with Crippen molar-refractivity contribution in [1.82, 2.24) is 24.6 Å². The number of nitrogens with zero attached hydrogens (tertiary/aromatic N) is 5. The predicted molar refractivity (Wildman–Crippen MR) is 129 cm³/mol. The summed E-state index contributed by atoms with van der Waals surface area (Å²) in [5.41, 5.74) is 10.5. The van der Waals surface area contributed by atoms with Crippen LogP contribution in [0.1, 0.15) is 0 Å². The summed E-state index contributed by atoms with van der Waals surface area (Å²) < 4.78 is 13.1. The van der Waals surface area contributed by atoms with Crippen LogP contribution in [0.25, 0.3) is 28.0 Å². The lowest BCUT2D eigenvalue weighted by atomic mass is 10.1. The summed E-state index contributed by atoms with van der Waals surface area (Å²) in [5.74, 6) is 1.22. The zero-order chi connectivity index (χ0) is 22.6. The minimum Gasteiger partial charge on any atom is -0.492 e. The minimum atomic E-state index is 0.402. The lowest BCUT2D eigenvalue weighted by molar-refractivity contribution is 0.0322. The van der Waals surface area contributed by atoms with Crippen molar-refractivity contribution in [1.29, 1.82) is 0 Å². The van der Waals surface area contributed by atoms with Crippen LogP contribution >= 0.6 is 0 Å². The van der Waals surface area contributed by atoms with Crippen LogP contribution in [0.2, 0.25) is 0 Å². The molecule has 1 saturated heterocycles. The third-order valence-electron chi connectivity index (χ3n) is 5.80. The second kappa shape index (κ2) is 9.43. The maximum absolute atomic E-state index is 6.25. The molecule has 0 unspecified atom stereocenters. The number of aromatic nitrogens is 4. The Labute approximate surface area is 192 Å². The molecule has 2 aromatic carbocycles. The zero-order valence-corrected chi connectivity index (χ0v) is 18.6. The smallest absolute Gasteiger partial charge is 0.169 e. The van der Waals surface area contributed by atoms with E-state index in [0.29, 0.717) is 18.1 Å². The molecule has 4 aromatic rings. The van der Waals surface area contributed by atoms with E-state index < -0.39 is 0 Å². The van der Waals surface area contributed by atoms with E-state index >= 15 is 0 Å². The van der Waals surface area contributed by atoms with Crippen LogP contribution in [0, 0.1) is 0 Å². The molecule has 0 amide bonds. The van der Waals surface area contributed by atoms with Gasteiger partial charge < -0.3 is 20.5 Å². The summed E-state index contributed by atoms with van der Waals surface area (Å²) in [7, 11) is 1.89. The molecule has 1 fully saturated rings. The van der Waals surface area contributed by atoms with Crippen LogP contribution in [-0.4, -0.2) is 71.2 Å². The van der Waals surface area contributed by atoms with Gasteiger partial charge in [-0.15, -0.1) is 0 Å². The number of hydrogen-bond donors (Lipinski definition) is 2. The molecule has 9 nitrogen and oxygen atoms in total. The molecule has 0 aliphatic carbocycles. The van der Waals surface area contributed by atoms with Gasteiger partial charge in [-0.05, 0) is 48.5 Å². The van der Waals surface area contributed by atoms with Gasteiger partial charge in [0, 0.05) is 37.9 Å². The number of fused-ring (bicyclic) bond motifs is 1. The standard InChI is InChI=1S/C24H27N7O2/c1-26-18-4-6-19(7-5-18)31-24-21(23(25)27-16-28-24)22(29-31)17-2-8-20(9-3-17)33-15-12-30-10-13-32-14-11-30/h2-9,16,26H,10-15H2,1H3,(H2,25,27,28). The van der Waals surface area contributed by atoms with Crippen molar-refractivity contribution in [2.24, 2.45) is 0 Å². The molecule has 3 heterocycles. The molecule has 5 rings (SSSR count). The summed E-state index contributed by atoms with van der Waals surface area (Å²) in [4.78, 5) is 11.0. The Morgan fingerprint density at radius 2 is 1.79 bits per heavy atom. The molecular weight excluding hydrogens is 418 g/mol. The van der Waals surface area contributed by atoms with E-state index in [-0.39, 0.29) is 0 Å². The Bertz CT molecular complexity index is 1220. The first kappa shape index (κ1) is 21.2. The van der Waals surface area contributed by atoms with Crippen molar-refractivity contribution in [3.05, 3.63) is 54.9 Å². The SMILES string of the molecule is CNc1ccc(-n2nc(-c3ccc(OCCN4CCOCC4)cc3)c3c(N)ncnc32)cc1. The molecule has 2 aromatic heterocycles. The number of benzene rings is 2. The highest BCUT2D eigenvalue weighted by Gasteiger charge is 2.18. The largest absolute Gasteiger partial charge is 0.492 e. The van der Waals surface area contributed by atoms with Gasteiger partial charge in [-0.3, -0.25) is 4.90 Å². The maximum Gasteiger partial charge on any atom is 0.169 e. The third-order valence-corrected chi connectivity index (χ3v) is 5.80. The lowest BCUT2D eigenvalue weighted by Crippen LogP contribution is -2.38. The predicted octanol–water partition coefficient (Wildman–Crippen LogP) is 2.82. The van der Waals surface area contributed by atoms with E-state index in [2.05, 4.69) is 20.2 Å². The number of nitrogens with one attached hydrogen (secondary N) is 1. The highest BCUT2D eigenvalue weighted by molar-refractivity contribution is 5.98. The molecule has 170 valence electrons. The van der Waals surface area contributed by atoms with E-state index in [9.17, 15) is 0 Å². The van der Waals surface area contributed by atoms with Gasteiger partial charge in [0.15, 0.2) is 5.65 Å². The normalized spacial score (nSPS) is 14.5. The summed E-state index contributed by atoms with van der Waals surface area (Å²) in [6.07, 6.45) is 1.47. The fourth-order valence-electron chi connectivity index (χ4n) is 3.95. The van der Waals surface area contributed by atoms with Gasteiger partial charge in [0.1, 0.15) is 30.2 Å². The highest BCUT2D eigenvalue weighted by Crippen LogP contribution is 2.32. The van der Waals surface area contributed by atoms with Gasteiger partial charge >= 0.3 is 0 Å². The molecule has 0 atom stereocenters. The highest BCUT2D eigenvalue weighted by atomic mass is 16.5. The fraction of sp³-hybridized carbons (Fsp3) is 0.292. The number of rotatable bonds is 7. The third kappa shape index (κ3) is 4.46. The second-order valence-corrected chi connectivity index (χ2v) is 7.84. The summed E-state index contributed by atoms with van der Waals surface area (Å²) >= 11 is 0. The molecule has 3 N–H and O–H groups in total. The molecule has 0 radical (unpaired) electrons. The average Bonchev–Trinajstić information content (AvgIpc) is 3.26. The average molecular weight is 446 g/mol. The van der Waals surface area contributed by atoms with E-state index in [0.717, 1.165) is 66.6 Å². The van der Waals surface area contributed by atoms with Gasteiger partial charge in [-0.1, -0.05) is 0 Å². The van der Waals surface area contributed by atoms with Gasteiger partial charge in [0.05, 0.1) is 24.3 Å². The fourth-order valence-corrected chi connectivity index (χ4v) is 3.95. The molecule has 33 heavy (non-hydrogen) atoms. The molecular formula is C24H27N7O2. The zero-order valence-electron chi connectivity index (χ0n) is 18.6. The van der Waals surface area contributed by atoms with Crippen LogP contribution in [-0.2, 0) is 4.74 Å². The van der Waals surface area contributed by atoms with Gasteiger partial charge in [-0.25, -0.2) is 14.6 Å². The van der Waals surface area contributed by atoms with E-state index in [1.807, 2.05) is 55.6 Å². The van der Waals surface area contributed by atoms with Crippen LogP contribution in [0.4, 0.5) is 11.5 Å².